The van der Waals surface area contributed by atoms with E-state index < -0.39 is 16.9 Å². The van der Waals surface area contributed by atoms with E-state index in [1.165, 1.54) is 24.3 Å². The Morgan fingerprint density at radius 2 is 2.09 bits per heavy atom. The molecular formula is C15H13ClN2O5. The summed E-state index contributed by atoms with van der Waals surface area (Å²) in [5, 5.41) is 20.4. The van der Waals surface area contributed by atoms with E-state index in [1.54, 1.807) is 18.2 Å². The van der Waals surface area contributed by atoms with Crippen molar-refractivity contribution in [2.45, 2.75) is 12.5 Å². The molecule has 0 amide bonds. The van der Waals surface area contributed by atoms with Crippen molar-refractivity contribution in [2.24, 2.45) is 5.73 Å². The molecule has 7 nitrogen and oxygen atoms in total. The number of benzene rings is 2. The van der Waals surface area contributed by atoms with Crippen LogP contribution >= 0.6 is 11.6 Å². The number of nitro benzene ring substituents is 1. The summed E-state index contributed by atoms with van der Waals surface area (Å²) in [5.41, 5.74) is 5.60. The van der Waals surface area contributed by atoms with Gasteiger partial charge in [0.1, 0.15) is 11.8 Å². The third-order valence-corrected chi connectivity index (χ3v) is 3.25. The molecule has 0 saturated heterocycles. The van der Waals surface area contributed by atoms with Crippen molar-refractivity contribution in [3.63, 3.8) is 0 Å². The molecule has 2 rings (SSSR count). The quantitative estimate of drug-likeness (QED) is 0.618. The van der Waals surface area contributed by atoms with Crippen molar-refractivity contribution >= 4 is 23.3 Å². The number of nitrogens with two attached hydrogens (primary N) is 1. The SMILES string of the molecule is NC(Cc1ccc(Oc2cccc(Cl)c2)c([N+](=O)[O-])c1)C(=O)O. The maximum atomic E-state index is 11.2. The Labute approximate surface area is 136 Å². The minimum atomic E-state index is -1.17. The highest BCUT2D eigenvalue weighted by molar-refractivity contribution is 6.30. The van der Waals surface area contributed by atoms with E-state index in [0.717, 1.165) is 0 Å². The lowest BCUT2D eigenvalue weighted by molar-refractivity contribution is -0.385. The molecule has 0 saturated carbocycles. The summed E-state index contributed by atoms with van der Waals surface area (Å²) in [6.45, 7) is 0. The van der Waals surface area contributed by atoms with Crippen molar-refractivity contribution in [1.29, 1.82) is 0 Å². The summed E-state index contributed by atoms with van der Waals surface area (Å²) >= 11 is 5.84. The predicted octanol–water partition coefficient (Wildman–Crippen LogP) is 2.99. The molecule has 0 aliphatic carbocycles. The smallest absolute Gasteiger partial charge is 0.320 e. The topological polar surface area (TPSA) is 116 Å². The molecule has 3 N–H and O–H groups in total. The van der Waals surface area contributed by atoms with Gasteiger partial charge >= 0.3 is 11.7 Å². The van der Waals surface area contributed by atoms with Gasteiger partial charge in [0.25, 0.3) is 0 Å². The molecule has 23 heavy (non-hydrogen) atoms. The van der Waals surface area contributed by atoms with E-state index in [0.29, 0.717) is 16.3 Å². The second-order valence-corrected chi connectivity index (χ2v) is 5.20. The van der Waals surface area contributed by atoms with Crippen LogP contribution < -0.4 is 10.5 Å². The van der Waals surface area contributed by atoms with Crippen LogP contribution in [0, 0.1) is 10.1 Å². The molecule has 0 bridgehead atoms. The monoisotopic (exact) mass is 336 g/mol. The van der Waals surface area contributed by atoms with Crippen LogP contribution in [0.25, 0.3) is 0 Å². The van der Waals surface area contributed by atoms with Crippen molar-refractivity contribution in [1.82, 2.24) is 0 Å². The van der Waals surface area contributed by atoms with Gasteiger partial charge in [-0.2, -0.15) is 0 Å². The van der Waals surface area contributed by atoms with Crippen molar-refractivity contribution in [3.05, 3.63) is 63.2 Å². The highest BCUT2D eigenvalue weighted by Gasteiger charge is 2.19. The molecule has 1 atom stereocenters. The van der Waals surface area contributed by atoms with Gasteiger partial charge in [0.05, 0.1) is 4.92 Å². The van der Waals surface area contributed by atoms with Gasteiger partial charge in [0.2, 0.25) is 5.75 Å². The largest absolute Gasteiger partial charge is 0.480 e. The van der Waals surface area contributed by atoms with Crippen LogP contribution in [0.5, 0.6) is 11.5 Å². The number of carboxylic acid groups (broad SMARTS) is 1. The maximum absolute atomic E-state index is 11.2. The first-order valence-corrected chi connectivity index (χ1v) is 6.93. The Morgan fingerprint density at radius 3 is 2.70 bits per heavy atom. The zero-order chi connectivity index (χ0) is 17.0. The summed E-state index contributed by atoms with van der Waals surface area (Å²) < 4.78 is 5.49. The molecule has 0 fully saturated rings. The summed E-state index contributed by atoms with van der Waals surface area (Å²) in [6.07, 6.45) is -0.0202. The second-order valence-electron chi connectivity index (χ2n) is 4.77. The van der Waals surface area contributed by atoms with E-state index in [-0.39, 0.29) is 17.9 Å². The summed E-state index contributed by atoms with van der Waals surface area (Å²) in [4.78, 5) is 21.4. The lowest BCUT2D eigenvalue weighted by atomic mass is 10.1. The molecular weight excluding hydrogens is 324 g/mol. The van der Waals surface area contributed by atoms with E-state index >= 15 is 0 Å². The van der Waals surface area contributed by atoms with E-state index in [4.69, 9.17) is 27.2 Å². The number of ether oxygens (including phenoxy) is 1. The number of rotatable bonds is 6. The highest BCUT2D eigenvalue weighted by Crippen LogP contribution is 2.33. The fraction of sp³-hybridized carbons (Fsp3) is 0.133. The fourth-order valence-electron chi connectivity index (χ4n) is 1.92. The zero-order valence-electron chi connectivity index (χ0n) is 11.8. The number of carboxylic acids is 1. The third kappa shape index (κ3) is 4.41. The number of carbonyl (C=O) groups is 1. The normalized spacial score (nSPS) is 11.7. The lowest BCUT2D eigenvalue weighted by Gasteiger charge is -2.10. The van der Waals surface area contributed by atoms with Gasteiger partial charge in [-0.1, -0.05) is 23.7 Å². The van der Waals surface area contributed by atoms with Crippen LogP contribution in [-0.2, 0) is 11.2 Å². The summed E-state index contributed by atoms with van der Waals surface area (Å²) in [6, 6.07) is 9.52. The molecule has 0 radical (unpaired) electrons. The summed E-state index contributed by atoms with van der Waals surface area (Å²) in [5.74, 6) is -0.785. The van der Waals surface area contributed by atoms with Gasteiger partial charge in [0.15, 0.2) is 0 Å². The Hall–Kier alpha value is -2.64. The third-order valence-electron chi connectivity index (χ3n) is 3.02. The highest BCUT2D eigenvalue weighted by atomic mass is 35.5. The molecule has 0 aliphatic heterocycles. The Bertz CT molecular complexity index is 750. The molecule has 1 unspecified atom stereocenters. The average molecular weight is 337 g/mol. The Balaban J connectivity index is 2.29. The maximum Gasteiger partial charge on any atom is 0.320 e. The van der Waals surface area contributed by atoms with Crippen LogP contribution in [0.1, 0.15) is 5.56 Å². The minimum Gasteiger partial charge on any atom is -0.480 e. The predicted molar refractivity (Wildman–Crippen MR) is 83.9 cm³/mol. The molecule has 2 aromatic rings. The van der Waals surface area contributed by atoms with Gasteiger partial charge in [-0.25, -0.2) is 0 Å². The van der Waals surface area contributed by atoms with Gasteiger partial charge in [-0.15, -0.1) is 0 Å². The zero-order valence-corrected chi connectivity index (χ0v) is 12.6. The van der Waals surface area contributed by atoms with E-state index in [1.807, 2.05) is 0 Å². The molecule has 0 spiro atoms. The van der Waals surface area contributed by atoms with Crippen molar-refractivity contribution < 1.29 is 19.6 Å². The number of hydrogen-bond donors (Lipinski definition) is 2. The molecule has 0 heterocycles. The lowest BCUT2D eigenvalue weighted by Crippen LogP contribution is -2.32. The second kappa shape index (κ2) is 7.08. The van der Waals surface area contributed by atoms with Gasteiger partial charge < -0.3 is 15.6 Å². The van der Waals surface area contributed by atoms with Crippen LogP contribution in [0.4, 0.5) is 5.69 Å². The molecule has 2 aromatic carbocycles. The Morgan fingerprint density at radius 1 is 1.35 bits per heavy atom. The van der Waals surface area contributed by atoms with E-state index in [2.05, 4.69) is 0 Å². The van der Waals surface area contributed by atoms with Crippen LogP contribution in [-0.4, -0.2) is 22.0 Å². The van der Waals surface area contributed by atoms with Crippen LogP contribution in [0.15, 0.2) is 42.5 Å². The molecule has 8 heteroatoms. The van der Waals surface area contributed by atoms with E-state index in [9.17, 15) is 14.9 Å². The van der Waals surface area contributed by atoms with Gasteiger partial charge in [-0.05, 0) is 36.2 Å². The van der Waals surface area contributed by atoms with Gasteiger partial charge in [0, 0.05) is 11.1 Å². The van der Waals surface area contributed by atoms with Crippen LogP contribution in [0.2, 0.25) is 5.02 Å². The first-order valence-electron chi connectivity index (χ1n) is 6.56. The number of aliphatic carboxylic acids is 1. The average Bonchev–Trinajstić information content (AvgIpc) is 2.48. The van der Waals surface area contributed by atoms with Crippen molar-refractivity contribution in [3.8, 4) is 11.5 Å². The summed E-state index contributed by atoms with van der Waals surface area (Å²) in [7, 11) is 0. The molecule has 0 aromatic heterocycles. The first-order chi connectivity index (χ1) is 10.9. The number of hydrogen-bond acceptors (Lipinski definition) is 5. The van der Waals surface area contributed by atoms with Gasteiger partial charge in [-0.3, -0.25) is 14.9 Å². The minimum absolute atomic E-state index is 0.0202. The van der Waals surface area contributed by atoms with Crippen LogP contribution in [0.3, 0.4) is 0 Å². The van der Waals surface area contributed by atoms with Crippen molar-refractivity contribution in [2.75, 3.05) is 0 Å². The number of nitrogens with zero attached hydrogens (tertiary/aromatic N) is 1. The number of halogens is 1. The molecule has 0 aliphatic rings. The standard InChI is InChI=1S/C15H13ClN2O5/c16-10-2-1-3-11(8-10)23-14-5-4-9(6-12(17)15(19)20)7-13(14)18(21)22/h1-5,7-8,12H,6,17H2,(H,19,20). The first kappa shape index (κ1) is 16.7. The fourth-order valence-corrected chi connectivity index (χ4v) is 2.10. The Kier molecular flexibility index (Phi) is 5.15. The molecule has 120 valence electrons. The number of nitro groups is 1.